The number of amides is 1. The molecule has 1 heterocycles. The van der Waals surface area contributed by atoms with Gasteiger partial charge in [-0.3, -0.25) is 9.78 Å². The molecular weight excluding hydrogens is 330 g/mol. The van der Waals surface area contributed by atoms with Crippen LogP contribution in [0.25, 0.3) is 0 Å². The third kappa shape index (κ3) is 5.19. The van der Waals surface area contributed by atoms with Crippen molar-refractivity contribution in [3.8, 4) is 0 Å². The number of halogens is 1. The van der Waals surface area contributed by atoms with E-state index in [4.69, 9.17) is 0 Å². The molecule has 0 saturated carbocycles. The minimum atomic E-state index is 0.0105. The minimum Gasteiger partial charge on any atom is -0.384 e. The summed E-state index contributed by atoms with van der Waals surface area (Å²) >= 11 is 3.50. The number of carbonyl (C=O) groups is 1. The third-order valence-corrected chi connectivity index (χ3v) is 3.64. The number of hydrogen-bond acceptors (Lipinski definition) is 3. The van der Waals surface area contributed by atoms with E-state index in [9.17, 15) is 4.79 Å². The second-order valence-electron chi connectivity index (χ2n) is 4.76. The quantitative estimate of drug-likeness (QED) is 0.843. The standard InChI is InChI=1S/C16H18BrN3O/c1-12-5-6-15(14(17)10-12)19-9-7-16(21)20-11-13-4-2-3-8-18-13/h2-6,8,10,19H,7,9,11H2,1H3,(H,20,21). The Morgan fingerprint density at radius 2 is 2.14 bits per heavy atom. The van der Waals surface area contributed by atoms with Gasteiger partial charge in [-0.15, -0.1) is 0 Å². The van der Waals surface area contributed by atoms with Gasteiger partial charge < -0.3 is 10.6 Å². The molecule has 0 aliphatic rings. The van der Waals surface area contributed by atoms with Gasteiger partial charge in [0.25, 0.3) is 0 Å². The van der Waals surface area contributed by atoms with Crippen molar-refractivity contribution in [2.45, 2.75) is 19.9 Å². The van der Waals surface area contributed by atoms with Gasteiger partial charge in [-0.1, -0.05) is 12.1 Å². The van der Waals surface area contributed by atoms with Crippen LogP contribution in [0.1, 0.15) is 17.7 Å². The number of carbonyl (C=O) groups excluding carboxylic acids is 1. The van der Waals surface area contributed by atoms with E-state index >= 15 is 0 Å². The molecular formula is C16H18BrN3O. The molecule has 4 nitrogen and oxygen atoms in total. The van der Waals surface area contributed by atoms with Crippen molar-refractivity contribution in [3.05, 3.63) is 58.3 Å². The van der Waals surface area contributed by atoms with E-state index in [-0.39, 0.29) is 5.91 Å². The Morgan fingerprint density at radius 1 is 1.29 bits per heavy atom. The zero-order valence-corrected chi connectivity index (χ0v) is 13.5. The van der Waals surface area contributed by atoms with E-state index < -0.39 is 0 Å². The largest absolute Gasteiger partial charge is 0.384 e. The predicted molar refractivity (Wildman–Crippen MR) is 88.1 cm³/mol. The van der Waals surface area contributed by atoms with E-state index in [1.54, 1.807) is 6.20 Å². The summed E-state index contributed by atoms with van der Waals surface area (Å²) in [6.45, 7) is 3.10. The van der Waals surface area contributed by atoms with Gasteiger partial charge >= 0.3 is 0 Å². The Hall–Kier alpha value is -1.88. The van der Waals surface area contributed by atoms with E-state index in [1.165, 1.54) is 5.56 Å². The SMILES string of the molecule is Cc1ccc(NCCC(=O)NCc2ccccn2)c(Br)c1. The maximum atomic E-state index is 11.8. The number of anilines is 1. The number of nitrogens with zero attached hydrogens (tertiary/aromatic N) is 1. The molecule has 21 heavy (non-hydrogen) atoms. The van der Waals surface area contributed by atoms with E-state index in [1.807, 2.05) is 43.3 Å². The summed E-state index contributed by atoms with van der Waals surface area (Å²) in [6.07, 6.45) is 2.14. The molecule has 1 aromatic carbocycles. The molecule has 2 rings (SSSR count). The predicted octanol–water partition coefficient (Wildman–Crippen LogP) is 3.27. The zero-order valence-electron chi connectivity index (χ0n) is 11.9. The lowest BCUT2D eigenvalue weighted by molar-refractivity contribution is -0.121. The van der Waals surface area contributed by atoms with Gasteiger partial charge in [-0.05, 0) is 52.7 Å². The maximum Gasteiger partial charge on any atom is 0.222 e. The summed E-state index contributed by atoms with van der Waals surface area (Å²) in [6, 6.07) is 11.7. The van der Waals surface area contributed by atoms with Crippen LogP contribution in [0.3, 0.4) is 0 Å². The molecule has 2 N–H and O–H groups in total. The van der Waals surface area contributed by atoms with Gasteiger partial charge in [-0.2, -0.15) is 0 Å². The smallest absolute Gasteiger partial charge is 0.222 e. The molecule has 0 bridgehead atoms. The van der Waals surface area contributed by atoms with Gasteiger partial charge in [0.05, 0.1) is 12.2 Å². The summed E-state index contributed by atoms with van der Waals surface area (Å²) in [5, 5.41) is 6.10. The van der Waals surface area contributed by atoms with E-state index in [0.29, 0.717) is 19.5 Å². The Balaban J connectivity index is 1.72. The van der Waals surface area contributed by atoms with Crippen molar-refractivity contribution in [2.75, 3.05) is 11.9 Å². The summed E-state index contributed by atoms with van der Waals surface area (Å²) in [5.74, 6) is 0.0105. The topological polar surface area (TPSA) is 54.0 Å². The van der Waals surface area contributed by atoms with Crippen LogP contribution in [0, 0.1) is 6.92 Å². The molecule has 1 aromatic heterocycles. The normalized spacial score (nSPS) is 10.2. The average molecular weight is 348 g/mol. The molecule has 0 fully saturated rings. The monoisotopic (exact) mass is 347 g/mol. The molecule has 0 spiro atoms. The fourth-order valence-electron chi connectivity index (χ4n) is 1.85. The molecule has 0 aliphatic heterocycles. The summed E-state index contributed by atoms with van der Waals surface area (Å²) in [5.41, 5.74) is 3.05. The minimum absolute atomic E-state index is 0.0105. The highest BCUT2D eigenvalue weighted by Gasteiger charge is 2.03. The van der Waals surface area contributed by atoms with Crippen molar-refractivity contribution in [1.29, 1.82) is 0 Å². The number of aromatic nitrogens is 1. The van der Waals surface area contributed by atoms with Crippen LogP contribution in [0.5, 0.6) is 0 Å². The molecule has 0 atom stereocenters. The van der Waals surface area contributed by atoms with Crippen LogP contribution in [0.15, 0.2) is 47.1 Å². The molecule has 0 unspecified atom stereocenters. The Kier molecular flexibility index (Phi) is 5.75. The second kappa shape index (κ2) is 7.78. The van der Waals surface area contributed by atoms with Crippen molar-refractivity contribution in [1.82, 2.24) is 10.3 Å². The Morgan fingerprint density at radius 3 is 2.86 bits per heavy atom. The van der Waals surface area contributed by atoms with Crippen LogP contribution >= 0.6 is 15.9 Å². The molecule has 5 heteroatoms. The van der Waals surface area contributed by atoms with Crippen molar-refractivity contribution in [2.24, 2.45) is 0 Å². The average Bonchev–Trinajstić information content (AvgIpc) is 2.48. The highest BCUT2D eigenvalue weighted by molar-refractivity contribution is 9.10. The molecule has 0 aliphatic carbocycles. The van der Waals surface area contributed by atoms with Crippen molar-refractivity contribution >= 4 is 27.5 Å². The first kappa shape index (κ1) is 15.5. The first-order chi connectivity index (χ1) is 10.1. The first-order valence-electron chi connectivity index (χ1n) is 6.82. The Labute approximate surface area is 133 Å². The number of hydrogen-bond donors (Lipinski definition) is 2. The highest BCUT2D eigenvalue weighted by Crippen LogP contribution is 2.23. The van der Waals surface area contributed by atoms with Gasteiger partial charge in [0.2, 0.25) is 5.91 Å². The number of benzene rings is 1. The summed E-state index contributed by atoms with van der Waals surface area (Å²) in [4.78, 5) is 15.9. The fourth-order valence-corrected chi connectivity index (χ4v) is 2.49. The maximum absolute atomic E-state index is 11.8. The highest BCUT2D eigenvalue weighted by atomic mass is 79.9. The third-order valence-electron chi connectivity index (χ3n) is 2.98. The van der Waals surface area contributed by atoms with Gasteiger partial charge in [0, 0.05) is 29.3 Å². The van der Waals surface area contributed by atoms with E-state index in [2.05, 4.69) is 31.5 Å². The Bertz CT molecular complexity index is 602. The molecule has 0 radical (unpaired) electrons. The fraction of sp³-hybridized carbons (Fsp3) is 0.250. The zero-order chi connectivity index (χ0) is 15.1. The van der Waals surface area contributed by atoms with Crippen LogP contribution in [0.4, 0.5) is 5.69 Å². The molecule has 110 valence electrons. The van der Waals surface area contributed by atoms with Gasteiger partial charge in [0.15, 0.2) is 0 Å². The molecule has 0 saturated heterocycles. The van der Waals surface area contributed by atoms with Crippen LogP contribution in [-0.2, 0) is 11.3 Å². The summed E-state index contributed by atoms with van der Waals surface area (Å²) < 4.78 is 1.01. The van der Waals surface area contributed by atoms with Gasteiger partial charge in [0.1, 0.15) is 0 Å². The van der Waals surface area contributed by atoms with Gasteiger partial charge in [-0.25, -0.2) is 0 Å². The lowest BCUT2D eigenvalue weighted by Gasteiger charge is -2.09. The van der Waals surface area contributed by atoms with Crippen molar-refractivity contribution in [3.63, 3.8) is 0 Å². The van der Waals surface area contributed by atoms with Crippen LogP contribution in [-0.4, -0.2) is 17.4 Å². The lowest BCUT2D eigenvalue weighted by atomic mass is 10.2. The first-order valence-corrected chi connectivity index (χ1v) is 7.61. The number of nitrogens with one attached hydrogen (secondary N) is 2. The molecule has 2 aromatic rings. The number of rotatable bonds is 6. The van der Waals surface area contributed by atoms with Crippen molar-refractivity contribution < 1.29 is 4.79 Å². The molecule has 1 amide bonds. The summed E-state index contributed by atoms with van der Waals surface area (Å²) in [7, 11) is 0. The second-order valence-corrected chi connectivity index (χ2v) is 5.61. The number of pyridine rings is 1. The number of aryl methyl sites for hydroxylation is 1. The van der Waals surface area contributed by atoms with Crippen LogP contribution < -0.4 is 10.6 Å². The van der Waals surface area contributed by atoms with E-state index in [0.717, 1.165) is 15.9 Å². The van der Waals surface area contributed by atoms with Crippen LogP contribution in [0.2, 0.25) is 0 Å². The lowest BCUT2D eigenvalue weighted by Crippen LogP contribution is -2.25.